The number of nitrogens with one attached hydrogen (secondary N) is 1. The van der Waals surface area contributed by atoms with Crippen molar-refractivity contribution >= 4 is 33.9 Å². The van der Waals surface area contributed by atoms with Crippen molar-refractivity contribution in [3.63, 3.8) is 0 Å². The van der Waals surface area contributed by atoms with E-state index in [2.05, 4.69) is 26.4 Å². The number of pyridine rings is 2. The fraction of sp³-hybridized carbons (Fsp3) is 0. The van der Waals surface area contributed by atoms with Crippen LogP contribution in [-0.4, -0.2) is 19.6 Å². The molecule has 0 unspecified atom stereocenters. The minimum Gasteiger partial charge on any atom is -0.383 e. The summed E-state index contributed by atoms with van der Waals surface area (Å²) in [7, 11) is 0. The molecule has 0 saturated carbocycles. The van der Waals surface area contributed by atoms with E-state index in [1.807, 2.05) is 71.2 Å². The molecule has 27 heavy (non-hydrogen) atoms. The summed E-state index contributed by atoms with van der Waals surface area (Å²) in [5, 5.41) is 9.86. The van der Waals surface area contributed by atoms with Gasteiger partial charge in [0.15, 0.2) is 5.65 Å². The number of nitrogens with zero attached hydrogens (tertiary/aromatic N) is 4. The normalized spacial score (nSPS) is 11.1. The number of rotatable bonds is 3. The molecule has 130 valence electrons. The minimum absolute atomic E-state index is 0.520. The van der Waals surface area contributed by atoms with Crippen LogP contribution in [0.15, 0.2) is 79.0 Å². The average Bonchev–Trinajstić information content (AvgIpc) is 3.11. The van der Waals surface area contributed by atoms with Crippen molar-refractivity contribution in [1.82, 2.24) is 19.6 Å². The molecule has 0 saturated heterocycles. The molecule has 5 aromatic rings. The van der Waals surface area contributed by atoms with Gasteiger partial charge in [-0.2, -0.15) is 4.98 Å². The van der Waals surface area contributed by atoms with Crippen LogP contribution in [0.1, 0.15) is 0 Å². The highest BCUT2D eigenvalue weighted by Gasteiger charge is 2.10. The molecule has 0 aliphatic carbocycles. The Morgan fingerprint density at radius 2 is 1.78 bits per heavy atom. The van der Waals surface area contributed by atoms with E-state index in [9.17, 15) is 0 Å². The topological polar surface area (TPSA) is 81.1 Å². The van der Waals surface area contributed by atoms with Crippen LogP contribution in [0.3, 0.4) is 0 Å². The van der Waals surface area contributed by atoms with Crippen LogP contribution in [0, 0.1) is 0 Å². The fourth-order valence-corrected chi connectivity index (χ4v) is 3.18. The molecule has 0 aliphatic rings. The molecule has 5 rings (SSSR count). The van der Waals surface area contributed by atoms with Crippen molar-refractivity contribution in [2.45, 2.75) is 0 Å². The summed E-state index contributed by atoms with van der Waals surface area (Å²) in [6.45, 7) is 0. The lowest BCUT2D eigenvalue weighted by atomic mass is 10.1. The average molecular weight is 352 g/mol. The number of fused-ring (bicyclic) bond motifs is 2. The number of aromatic nitrogens is 4. The zero-order valence-electron chi connectivity index (χ0n) is 14.4. The van der Waals surface area contributed by atoms with Gasteiger partial charge < -0.3 is 11.1 Å². The van der Waals surface area contributed by atoms with Crippen molar-refractivity contribution in [2.75, 3.05) is 11.1 Å². The van der Waals surface area contributed by atoms with E-state index in [-0.39, 0.29) is 0 Å². The Morgan fingerprint density at radius 1 is 0.889 bits per heavy atom. The van der Waals surface area contributed by atoms with Crippen LogP contribution in [-0.2, 0) is 0 Å². The molecule has 6 heteroatoms. The standard InChI is InChI=1S/C21H16N6/c22-20-17-13-15(10-9-14(17)11-12-23-20)18-7-4-8-19-25-21(26-27(18)19)24-16-5-2-1-3-6-16/h1-13H,(H2,22,23)(H,24,26). The van der Waals surface area contributed by atoms with Crippen LogP contribution in [0.5, 0.6) is 0 Å². The Labute approximate surface area is 155 Å². The molecule has 0 amide bonds. The molecule has 0 fully saturated rings. The Morgan fingerprint density at radius 3 is 2.67 bits per heavy atom. The maximum Gasteiger partial charge on any atom is 0.247 e. The van der Waals surface area contributed by atoms with Crippen molar-refractivity contribution in [2.24, 2.45) is 0 Å². The van der Waals surface area contributed by atoms with Gasteiger partial charge in [0.2, 0.25) is 5.95 Å². The van der Waals surface area contributed by atoms with E-state index in [0.717, 1.165) is 33.4 Å². The zero-order valence-corrected chi connectivity index (χ0v) is 14.4. The van der Waals surface area contributed by atoms with E-state index >= 15 is 0 Å². The predicted octanol–water partition coefficient (Wildman–Crippen LogP) is 4.27. The quantitative estimate of drug-likeness (QED) is 0.507. The third kappa shape index (κ3) is 2.73. The van der Waals surface area contributed by atoms with Gasteiger partial charge in [0.05, 0.1) is 5.69 Å². The summed E-state index contributed by atoms with van der Waals surface area (Å²) in [6, 6.07) is 23.9. The highest BCUT2D eigenvalue weighted by molar-refractivity contribution is 5.93. The lowest BCUT2D eigenvalue weighted by Gasteiger charge is -2.07. The molecular weight excluding hydrogens is 336 g/mol. The number of hydrogen-bond donors (Lipinski definition) is 2. The fourth-order valence-electron chi connectivity index (χ4n) is 3.18. The van der Waals surface area contributed by atoms with Gasteiger partial charge in [-0.1, -0.05) is 36.4 Å². The van der Waals surface area contributed by atoms with E-state index in [0.29, 0.717) is 11.8 Å². The predicted molar refractivity (Wildman–Crippen MR) is 108 cm³/mol. The summed E-state index contributed by atoms with van der Waals surface area (Å²) in [4.78, 5) is 8.77. The van der Waals surface area contributed by atoms with Crippen molar-refractivity contribution in [1.29, 1.82) is 0 Å². The largest absolute Gasteiger partial charge is 0.383 e. The highest BCUT2D eigenvalue weighted by atomic mass is 15.4. The zero-order chi connectivity index (χ0) is 18.2. The van der Waals surface area contributed by atoms with Gasteiger partial charge in [0.25, 0.3) is 0 Å². The minimum atomic E-state index is 0.520. The van der Waals surface area contributed by atoms with Gasteiger partial charge in [-0.05, 0) is 41.8 Å². The van der Waals surface area contributed by atoms with Crippen molar-refractivity contribution in [3.05, 3.63) is 79.0 Å². The molecule has 3 aromatic heterocycles. The number of nitrogens with two attached hydrogens (primary N) is 1. The number of hydrogen-bond acceptors (Lipinski definition) is 5. The Hall–Kier alpha value is -3.93. The lowest BCUT2D eigenvalue weighted by Crippen LogP contribution is -1.96. The van der Waals surface area contributed by atoms with Crippen LogP contribution in [0.25, 0.3) is 27.7 Å². The lowest BCUT2D eigenvalue weighted by molar-refractivity contribution is 0.974. The molecule has 0 aliphatic heterocycles. The highest BCUT2D eigenvalue weighted by Crippen LogP contribution is 2.27. The van der Waals surface area contributed by atoms with E-state index in [1.165, 1.54) is 0 Å². The van der Waals surface area contributed by atoms with Gasteiger partial charge in [-0.3, -0.25) is 0 Å². The SMILES string of the molecule is Nc1nccc2ccc(-c3cccc4nc(Nc5ccccc5)nn34)cc12. The smallest absolute Gasteiger partial charge is 0.247 e. The third-order valence-electron chi connectivity index (χ3n) is 4.48. The maximum atomic E-state index is 6.05. The molecule has 0 spiro atoms. The second-order valence-electron chi connectivity index (χ2n) is 6.24. The second-order valence-corrected chi connectivity index (χ2v) is 6.24. The van der Waals surface area contributed by atoms with Crippen LogP contribution >= 0.6 is 0 Å². The van der Waals surface area contributed by atoms with Crippen molar-refractivity contribution in [3.8, 4) is 11.3 Å². The van der Waals surface area contributed by atoms with Crippen LogP contribution < -0.4 is 11.1 Å². The first-order valence-corrected chi connectivity index (χ1v) is 8.60. The molecule has 3 heterocycles. The van der Waals surface area contributed by atoms with Gasteiger partial charge in [-0.25, -0.2) is 9.50 Å². The Bertz CT molecular complexity index is 1260. The molecule has 0 atom stereocenters. The number of para-hydroxylation sites is 1. The summed E-state index contributed by atoms with van der Waals surface area (Å²) in [6.07, 6.45) is 1.72. The van der Waals surface area contributed by atoms with Gasteiger partial charge in [0, 0.05) is 22.8 Å². The van der Waals surface area contributed by atoms with Gasteiger partial charge >= 0.3 is 0 Å². The molecule has 3 N–H and O–H groups in total. The molecule has 2 aromatic carbocycles. The monoisotopic (exact) mass is 352 g/mol. The third-order valence-corrected chi connectivity index (χ3v) is 4.48. The van der Waals surface area contributed by atoms with E-state index in [1.54, 1.807) is 6.20 Å². The molecule has 0 radical (unpaired) electrons. The summed E-state index contributed by atoms with van der Waals surface area (Å²) >= 11 is 0. The van der Waals surface area contributed by atoms with E-state index < -0.39 is 0 Å². The van der Waals surface area contributed by atoms with Crippen LogP contribution in [0.4, 0.5) is 17.5 Å². The summed E-state index contributed by atoms with van der Waals surface area (Å²) in [5.41, 5.74) is 9.70. The number of benzene rings is 2. The van der Waals surface area contributed by atoms with E-state index in [4.69, 9.17) is 5.73 Å². The summed E-state index contributed by atoms with van der Waals surface area (Å²) in [5.74, 6) is 1.07. The second kappa shape index (κ2) is 6.10. The molecular formula is C21H16N6. The first-order chi connectivity index (χ1) is 13.3. The molecule has 0 bridgehead atoms. The Balaban J connectivity index is 1.62. The Kier molecular flexibility index (Phi) is 3.47. The number of nitrogen functional groups attached to an aromatic ring is 1. The number of anilines is 3. The van der Waals surface area contributed by atoms with Gasteiger partial charge in [0.1, 0.15) is 5.82 Å². The summed E-state index contributed by atoms with van der Waals surface area (Å²) < 4.78 is 1.83. The first-order valence-electron chi connectivity index (χ1n) is 8.60. The maximum absolute atomic E-state index is 6.05. The van der Waals surface area contributed by atoms with Gasteiger partial charge in [-0.15, -0.1) is 5.10 Å². The molecule has 6 nitrogen and oxygen atoms in total. The van der Waals surface area contributed by atoms with Crippen LogP contribution in [0.2, 0.25) is 0 Å². The first kappa shape index (κ1) is 15.3. The van der Waals surface area contributed by atoms with Crippen molar-refractivity contribution < 1.29 is 0 Å².